The number of benzene rings is 1. The van der Waals surface area contributed by atoms with E-state index in [0.717, 1.165) is 50.3 Å². The number of amides is 1. The summed E-state index contributed by atoms with van der Waals surface area (Å²) in [6.45, 7) is 0.416. The van der Waals surface area contributed by atoms with E-state index >= 15 is 0 Å². The van der Waals surface area contributed by atoms with Crippen LogP contribution in [0.15, 0.2) is 30.0 Å². The van der Waals surface area contributed by atoms with Gasteiger partial charge in [0.25, 0.3) is 11.6 Å². The third-order valence-electron chi connectivity index (χ3n) is 5.14. The van der Waals surface area contributed by atoms with Crippen molar-refractivity contribution in [2.45, 2.75) is 44.6 Å². The second-order valence-corrected chi connectivity index (χ2v) is 7.42. The molecule has 9 nitrogen and oxygen atoms in total. The van der Waals surface area contributed by atoms with Gasteiger partial charge in [0.1, 0.15) is 0 Å². The summed E-state index contributed by atoms with van der Waals surface area (Å²) in [5.74, 6) is -1.03. The van der Waals surface area contributed by atoms with Gasteiger partial charge in [0, 0.05) is 43.2 Å². The first-order valence-electron chi connectivity index (χ1n) is 10.2. The zero-order valence-electron chi connectivity index (χ0n) is 17.1. The van der Waals surface area contributed by atoms with Crippen LogP contribution in [-0.2, 0) is 14.3 Å². The number of anilines is 1. The minimum absolute atomic E-state index is 0.0166. The van der Waals surface area contributed by atoms with Crippen LogP contribution in [0, 0.1) is 10.1 Å². The number of carbonyl (C=O) groups is 2. The van der Waals surface area contributed by atoms with Crippen molar-refractivity contribution in [2.75, 3.05) is 32.2 Å². The number of allylic oxidation sites excluding steroid dienone is 2. The lowest BCUT2D eigenvalue weighted by Crippen LogP contribution is -2.36. The molecule has 0 aromatic heterocycles. The van der Waals surface area contributed by atoms with Crippen molar-refractivity contribution in [2.24, 2.45) is 0 Å². The van der Waals surface area contributed by atoms with Gasteiger partial charge < -0.3 is 19.7 Å². The Labute approximate surface area is 175 Å². The van der Waals surface area contributed by atoms with Crippen LogP contribution in [0.1, 0.15) is 48.9 Å². The minimum atomic E-state index is -0.777. The quantitative estimate of drug-likeness (QED) is 0.269. The standard InChI is InChI=1S/C21H27N3O6/c1-29-12-11-22-19-10-9-17(24(27)28)13-18(19)21(26)30-14-20(25)23(16-7-8-16)15-5-3-2-4-6-15/h5,9-10,13,16,22H,2-4,6-8,11-12,14H2,1H3. The van der Waals surface area contributed by atoms with Gasteiger partial charge in [-0.3, -0.25) is 14.9 Å². The molecule has 0 saturated heterocycles. The second kappa shape index (κ2) is 10.2. The molecule has 1 amide bonds. The fourth-order valence-corrected chi connectivity index (χ4v) is 3.50. The summed E-state index contributed by atoms with van der Waals surface area (Å²) in [4.78, 5) is 37.8. The lowest BCUT2D eigenvalue weighted by atomic mass is 10.0. The summed E-state index contributed by atoms with van der Waals surface area (Å²) < 4.78 is 10.2. The van der Waals surface area contributed by atoms with Gasteiger partial charge in [-0.2, -0.15) is 0 Å². The Morgan fingerprint density at radius 2 is 2.10 bits per heavy atom. The van der Waals surface area contributed by atoms with E-state index in [4.69, 9.17) is 9.47 Å². The maximum absolute atomic E-state index is 12.8. The summed E-state index contributed by atoms with van der Waals surface area (Å²) in [6, 6.07) is 4.10. The molecule has 1 aromatic carbocycles. The van der Waals surface area contributed by atoms with E-state index in [1.54, 1.807) is 12.0 Å². The molecule has 1 N–H and O–H groups in total. The van der Waals surface area contributed by atoms with E-state index in [2.05, 4.69) is 11.4 Å². The monoisotopic (exact) mass is 417 g/mol. The molecule has 2 aliphatic carbocycles. The number of carbonyl (C=O) groups excluding carboxylic acids is 2. The highest BCUT2D eigenvalue weighted by molar-refractivity contribution is 5.97. The summed E-state index contributed by atoms with van der Waals surface area (Å²) in [5, 5.41) is 14.1. The van der Waals surface area contributed by atoms with Gasteiger partial charge in [0.15, 0.2) is 6.61 Å². The highest BCUT2D eigenvalue weighted by atomic mass is 16.6. The summed E-state index contributed by atoms with van der Waals surface area (Å²) in [7, 11) is 1.55. The summed E-state index contributed by atoms with van der Waals surface area (Å²) in [5.41, 5.74) is 1.20. The molecule has 30 heavy (non-hydrogen) atoms. The number of methoxy groups -OCH3 is 1. The van der Waals surface area contributed by atoms with Crippen molar-refractivity contribution in [3.05, 3.63) is 45.6 Å². The van der Waals surface area contributed by atoms with Gasteiger partial charge in [0.05, 0.1) is 17.1 Å². The maximum Gasteiger partial charge on any atom is 0.341 e. The van der Waals surface area contributed by atoms with Crippen molar-refractivity contribution in [1.29, 1.82) is 0 Å². The van der Waals surface area contributed by atoms with E-state index < -0.39 is 17.5 Å². The van der Waals surface area contributed by atoms with Crippen molar-refractivity contribution >= 4 is 23.3 Å². The van der Waals surface area contributed by atoms with Gasteiger partial charge in [-0.1, -0.05) is 6.08 Å². The number of nitro groups is 1. The largest absolute Gasteiger partial charge is 0.452 e. The number of nitro benzene ring substituents is 1. The predicted molar refractivity (Wildman–Crippen MR) is 110 cm³/mol. The zero-order chi connectivity index (χ0) is 21.5. The molecule has 2 aliphatic rings. The first-order chi connectivity index (χ1) is 14.5. The van der Waals surface area contributed by atoms with Crippen LogP contribution in [0.4, 0.5) is 11.4 Å². The van der Waals surface area contributed by atoms with Crippen molar-refractivity contribution < 1.29 is 24.0 Å². The first-order valence-corrected chi connectivity index (χ1v) is 10.2. The van der Waals surface area contributed by atoms with Crippen LogP contribution in [0.5, 0.6) is 0 Å². The van der Waals surface area contributed by atoms with Crippen LogP contribution in [0.2, 0.25) is 0 Å². The normalized spacial score (nSPS) is 15.8. The Bertz CT molecular complexity index is 834. The molecule has 1 saturated carbocycles. The molecule has 1 aromatic rings. The van der Waals surface area contributed by atoms with Gasteiger partial charge in [0.2, 0.25) is 0 Å². The Morgan fingerprint density at radius 3 is 2.73 bits per heavy atom. The molecule has 0 bridgehead atoms. The van der Waals surface area contributed by atoms with Crippen LogP contribution < -0.4 is 5.32 Å². The van der Waals surface area contributed by atoms with E-state index in [9.17, 15) is 19.7 Å². The predicted octanol–water partition coefficient (Wildman–Crippen LogP) is 3.26. The molecule has 0 radical (unpaired) electrons. The molecule has 1 fully saturated rings. The van der Waals surface area contributed by atoms with Crippen LogP contribution in [0.3, 0.4) is 0 Å². The molecule has 0 atom stereocenters. The third-order valence-corrected chi connectivity index (χ3v) is 5.14. The van der Waals surface area contributed by atoms with E-state index in [-0.39, 0.29) is 23.2 Å². The fourth-order valence-electron chi connectivity index (χ4n) is 3.50. The lowest BCUT2D eigenvalue weighted by molar-refractivity contribution is -0.384. The Kier molecular flexibility index (Phi) is 7.40. The minimum Gasteiger partial charge on any atom is -0.452 e. The molecule has 0 heterocycles. The van der Waals surface area contributed by atoms with Gasteiger partial charge in [-0.25, -0.2) is 4.79 Å². The summed E-state index contributed by atoms with van der Waals surface area (Å²) in [6.07, 6.45) is 7.98. The third kappa shape index (κ3) is 5.56. The number of esters is 1. The summed E-state index contributed by atoms with van der Waals surface area (Å²) >= 11 is 0. The average molecular weight is 417 g/mol. The maximum atomic E-state index is 12.8. The first kappa shape index (κ1) is 21.8. The Hall–Kier alpha value is -2.94. The topological polar surface area (TPSA) is 111 Å². The fraction of sp³-hybridized carbons (Fsp3) is 0.524. The van der Waals surface area contributed by atoms with E-state index in [1.165, 1.54) is 12.1 Å². The molecule has 0 unspecified atom stereocenters. The molecule has 3 rings (SSSR count). The second-order valence-electron chi connectivity index (χ2n) is 7.42. The van der Waals surface area contributed by atoms with E-state index in [0.29, 0.717) is 18.8 Å². The molecule has 0 spiro atoms. The van der Waals surface area contributed by atoms with Gasteiger partial charge in [-0.15, -0.1) is 0 Å². The Balaban J connectivity index is 1.69. The highest BCUT2D eigenvalue weighted by Gasteiger charge is 2.35. The van der Waals surface area contributed by atoms with Crippen LogP contribution in [0.25, 0.3) is 0 Å². The smallest absolute Gasteiger partial charge is 0.341 e. The molecular formula is C21H27N3O6. The molecular weight excluding hydrogens is 390 g/mol. The number of hydrogen-bond donors (Lipinski definition) is 1. The number of ether oxygens (including phenoxy) is 2. The van der Waals surface area contributed by atoms with Crippen LogP contribution in [-0.4, -0.2) is 54.6 Å². The molecule has 162 valence electrons. The Morgan fingerprint density at radius 1 is 1.30 bits per heavy atom. The lowest BCUT2D eigenvalue weighted by Gasteiger charge is -2.27. The van der Waals surface area contributed by atoms with E-state index in [1.807, 2.05) is 0 Å². The number of hydrogen-bond acceptors (Lipinski definition) is 7. The SMILES string of the molecule is COCCNc1ccc([N+](=O)[O-])cc1C(=O)OCC(=O)N(C1=CCCCC1)C1CC1. The van der Waals surface area contributed by atoms with Crippen molar-refractivity contribution in [3.8, 4) is 0 Å². The van der Waals surface area contributed by atoms with Crippen molar-refractivity contribution in [3.63, 3.8) is 0 Å². The van der Waals surface area contributed by atoms with Gasteiger partial charge >= 0.3 is 5.97 Å². The number of rotatable bonds is 10. The zero-order valence-corrected chi connectivity index (χ0v) is 17.1. The number of non-ortho nitro benzene ring substituents is 1. The van der Waals surface area contributed by atoms with Crippen molar-refractivity contribution in [1.82, 2.24) is 4.90 Å². The highest BCUT2D eigenvalue weighted by Crippen LogP contribution is 2.34. The van der Waals surface area contributed by atoms with Crippen LogP contribution >= 0.6 is 0 Å². The molecule has 0 aliphatic heterocycles. The number of nitrogens with zero attached hydrogens (tertiary/aromatic N) is 2. The average Bonchev–Trinajstić information content (AvgIpc) is 3.58. The van der Waals surface area contributed by atoms with Gasteiger partial charge in [-0.05, 0) is 44.6 Å². The molecule has 9 heteroatoms. The number of nitrogens with one attached hydrogen (secondary N) is 1.